The van der Waals surface area contributed by atoms with Crippen LogP contribution in [-0.2, 0) is 15.4 Å². The van der Waals surface area contributed by atoms with Gasteiger partial charge in [0, 0.05) is 6.20 Å². The van der Waals surface area contributed by atoms with Gasteiger partial charge in [0.1, 0.15) is 0 Å². The molecule has 3 aromatic rings. The number of rotatable bonds is 5. The maximum Gasteiger partial charge on any atom is 0.336 e. The molecule has 1 N–H and O–H groups in total. The van der Waals surface area contributed by atoms with Crippen LogP contribution in [0.4, 0.5) is 5.82 Å². The lowest BCUT2D eigenvalue weighted by Gasteiger charge is -2.23. The van der Waals surface area contributed by atoms with E-state index in [0.717, 1.165) is 5.56 Å². The van der Waals surface area contributed by atoms with E-state index < -0.39 is 21.9 Å². The van der Waals surface area contributed by atoms with Crippen molar-refractivity contribution in [3.63, 3.8) is 0 Å². The number of pyridine rings is 1. The summed E-state index contributed by atoms with van der Waals surface area (Å²) in [4.78, 5) is 28.9. The fourth-order valence-corrected chi connectivity index (χ4v) is 4.37. The summed E-state index contributed by atoms with van der Waals surface area (Å²) < 4.78 is 27.6. The van der Waals surface area contributed by atoms with Crippen molar-refractivity contribution in [3.05, 3.63) is 89.6 Å². The molecule has 3 rings (SSSR count). The molecule has 0 aliphatic rings. The number of carbonyl (C=O) groups is 2. The van der Waals surface area contributed by atoms with E-state index in [4.69, 9.17) is 0 Å². The summed E-state index contributed by atoms with van der Waals surface area (Å²) in [5.74, 6) is -2.47. The number of aromatic carboxylic acids is 1. The molecule has 0 spiro atoms. The Balaban J connectivity index is 2.17. The maximum atomic E-state index is 13.5. The van der Waals surface area contributed by atoms with Crippen LogP contribution < -0.4 is 4.31 Å². The lowest BCUT2D eigenvalue weighted by molar-refractivity contribution is 0.0692. The Hall–Kier alpha value is -3.52. The minimum atomic E-state index is -4.38. The SMILES string of the molecule is CC(C)(C)c1ccc(S(=O)(=O)N(C(=O)c2ccccc2C(=O)O)c2ccccn2)cc1. The quantitative estimate of drug-likeness (QED) is 0.643. The van der Waals surface area contributed by atoms with E-state index in [1.807, 2.05) is 20.8 Å². The van der Waals surface area contributed by atoms with Gasteiger partial charge < -0.3 is 5.11 Å². The first-order valence-corrected chi connectivity index (χ1v) is 10.9. The standard InChI is InChI=1S/C23H22N2O5S/c1-23(2,3)16-11-13-17(14-12-16)31(29,30)25(20-10-6-7-15-24-20)21(26)18-8-4-5-9-19(18)22(27)28/h4-15H,1-3H3,(H,27,28). The summed E-state index contributed by atoms with van der Waals surface area (Å²) >= 11 is 0. The highest BCUT2D eigenvalue weighted by Gasteiger charge is 2.34. The van der Waals surface area contributed by atoms with Crippen LogP contribution in [0.3, 0.4) is 0 Å². The molecule has 0 bridgehead atoms. The zero-order valence-electron chi connectivity index (χ0n) is 17.3. The van der Waals surface area contributed by atoms with Crippen molar-refractivity contribution in [2.24, 2.45) is 0 Å². The van der Waals surface area contributed by atoms with E-state index in [1.54, 1.807) is 24.3 Å². The van der Waals surface area contributed by atoms with E-state index in [0.29, 0.717) is 4.31 Å². The van der Waals surface area contributed by atoms with Gasteiger partial charge in [-0.15, -0.1) is 0 Å². The monoisotopic (exact) mass is 438 g/mol. The first-order chi connectivity index (χ1) is 14.5. The van der Waals surface area contributed by atoms with Crippen molar-refractivity contribution < 1.29 is 23.1 Å². The molecule has 0 fully saturated rings. The third-order valence-corrected chi connectivity index (χ3v) is 6.39. The van der Waals surface area contributed by atoms with Crippen LogP contribution in [0.2, 0.25) is 0 Å². The van der Waals surface area contributed by atoms with Crippen LogP contribution in [0.25, 0.3) is 0 Å². The average Bonchev–Trinajstić information content (AvgIpc) is 2.74. The molecule has 0 aliphatic heterocycles. The molecule has 0 unspecified atom stereocenters. The van der Waals surface area contributed by atoms with Gasteiger partial charge in [-0.1, -0.05) is 51.1 Å². The molecule has 7 nitrogen and oxygen atoms in total. The molecule has 1 amide bonds. The summed E-state index contributed by atoms with van der Waals surface area (Å²) in [6.07, 6.45) is 1.36. The highest BCUT2D eigenvalue weighted by Crippen LogP contribution is 2.28. The highest BCUT2D eigenvalue weighted by molar-refractivity contribution is 7.93. The van der Waals surface area contributed by atoms with Crippen LogP contribution >= 0.6 is 0 Å². The van der Waals surface area contributed by atoms with E-state index in [-0.39, 0.29) is 27.3 Å². The molecule has 0 aliphatic carbocycles. The molecule has 1 aromatic heterocycles. The number of sulfonamides is 1. The normalized spacial score (nSPS) is 11.7. The molecular formula is C23H22N2O5S. The summed E-state index contributed by atoms with van der Waals surface area (Å²) in [6.45, 7) is 6.01. The highest BCUT2D eigenvalue weighted by atomic mass is 32.2. The number of nitrogens with zero attached hydrogens (tertiary/aromatic N) is 2. The second-order valence-electron chi connectivity index (χ2n) is 7.89. The first-order valence-electron chi connectivity index (χ1n) is 9.47. The Labute approximate surface area is 181 Å². The molecule has 0 atom stereocenters. The van der Waals surface area contributed by atoms with Crippen molar-refractivity contribution in [3.8, 4) is 0 Å². The first kappa shape index (κ1) is 22.2. The van der Waals surface area contributed by atoms with E-state index in [2.05, 4.69) is 4.98 Å². The largest absolute Gasteiger partial charge is 0.478 e. The minimum absolute atomic E-state index is 0.104. The van der Waals surface area contributed by atoms with Gasteiger partial charge in [-0.2, -0.15) is 4.31 Å². The van der Waals surface area contributed by atoms with Crippen molar-refractivity contribution in [1.29, 1.82) is 0 Å². The van der Waals surface area contributed by atoms with Gasteiger partial charge in [-0.05, 0) is 47.4 Å². The van der Waals surface area contributed by atoms with Crippen molar-refractivity contribution in [2.45, 2.75) is 31.1 Å². The van der Waals surface area contributed by atoms with Crippen LogP contribution in [0.5, 0.6) is 0 Å². The number of carbonyl (C=O) groups excluding carboxylic acids is 1. The minimum Gasteiger partial charge on any atom is -0.478 e. The zero-order chi connectivity index (χ0) is 22.8. The number of amides is 1. The summed E-state index contributed by atoms with van der Waals surface area (Å²) in [5, 5.41) is 9.46. The van der Waals surface area contributed by atoms with Crippen LogP contribution in [-0.4, -0.2) is 30.4 Å². The van der Waals surface area contributed by atoms with Gasteiger partial charge in [0.15, 0.2) is 5.82 Å². The number of carboxylic acid groups (broad SMARTS) is 1. The van der Waals surface area contributed by atoms with Crippen molar-refractivity contribution in [1.82, 2.24) is 4.98 Å². The Kier molecular flexibility index (Phi) is 5.94. The van der Waals surface area contributed by atoms with E-state index in [9.17, 15) is 23.1 Å². The van der Waals surface area contributed by atoms with Gasteiger partial charge in [0.05, 0.1) is 16.0 Å². The number of hydrogen-bond acceptors (Lipinski definition) is 5. The fraction of sp³-hybridized carbons (Fsp3) is 0.174. The molecule has 0 radical (unpaired) electrons. The van der Waals surface area contributed by atoms with Crippen LogP contribution in [0, 0.1) is 0 Å². The van der Waals surface area contributed by atoms with E-state index >= 15 is 0 Å². The number of aromatic nitrogens is 1. The lowest BCUT2D eigenvalue weighted by atomic mass is 9.87. The predicted octanol–water partition coefficient (Wildman–Crippen LogP) is 4.11. The molecule has 1 heterocycles. The van der Waals surface area contributed by atoms with Crippen molar-refractivity contribution in [2.75, 3.05) is 4.31 Å². The summed E-state index contributed by atoms with van der Waals surface area (Å²) in [5.41, 5.74) is 0.194. The Bertz CT molecular complexity index is 1210. The van der Waals surface area contributed by atoms with Gasteiger partial charge in [0.25, 0.3) is 15.9 Å². The molecule has 8 heteroatoms. The number of anilines is 1. The summed E-state index contributed by atoms with van der Waals surface area (Å²) in [6, 6.07) is 16.2. The summed E-state index contributed by atoms with van der Waals surface area (Å²) in [7, 11) is -4.38. The molecule has 0 saturated heterocycles. The number of hydrogen-bond donors (Lipinski definition) is 1. The maximum absolute atomic E-state index is 13.5. The Morgan fingerprint density at radius 2 is 1.45 bits per heavy atom. The van der Waals surface area contributed by atoms with Crippen molar-refractivity contribution >= 4 is 27.7 Å². The van der Waals surface area contributed by atoms with E-state index in [1.165, 1.54) is 48.7 Å². The average molecular weight is 439 g/mol. The fourth-order valence-electron chi connectivity index (χ4n) is 3.01. The topological polar surface area (TPSA) is 105 Å². The third kappa shape index (κ3) is 4.49. The van der Waals surface area contributed by atoms with Gasteiger partial charge in [0.2, 0.25) is 0 Å². The molecule has 0 saturated carbocycles. The molecule has 31 heavy (non-hydrogen) atoms. The Morgan fingerprint density at radius 1 is 0.871 bits per heavy atom. The predicted molar refractivity (Wildman–Crippen MR) is 117 cm³/mol. The molecule has 2 aromatic carbocycles. The third-order valence-electron chi connectivity index (χ3n) is 4.69. The van der Waals surface area contributed by atoms with Gasteiger partial charge in [-0.3, -0.25) is 4.79 Å². The lowest BCUT2D eigenvalue weighted by Crippen LogP contribution is -2.38. The smallest absolute Gasteiger partial charge is 0.336 e. The van der Waals surface area contributed by atoms with Gasteiger partial charge in [-0.25, -0.2) is 18.2 Å². The second kappa shape index (κ2) is 8.31. The number of carboxylic acids is 1. The number of benzene rings is 2. The molecular weight excluding hydrogens is 416 g/mol. The van der Waals surface area contributed by atoms with Gasteiger partial charge >= 0.3 is 5.97 Å². The second-order valence-corrected chi connectivity index (χ2v) is 9.67. The van der Waals surface area contributed by atoms with Crippen LogP contribution in [0.15, 0.2) is 77.8 Å². The Morgan fingerprint density at radius 3 is 1.97 bits per heavy atom. The van der Waals surface area contributed by atoms with Crippen LogP contribution in [0.1, 0.15) is 47.1 Å². The zero-order valence-corrected chi connectivity index (χ0v) is 18.1. The molecule has 160 valence electrons.